The van der Waals surface area contributed by atoms with Crippen LogP contribution in [0.15, 0.2) is 88.1 Å². The zero-order valence-corrected chi connectivity index (χ0v) is 19.6. The predicted molar refractivity (Wildman–Crippen MR) is 128 cm³/mol. The molecule has 0 saturated heterocycles. The van der Waals surface area contributed by atoms with Gasteiger partial charge in [0.05, 0.1) is 12.4 Å². The van der Waals surface area contributed by atoms with Crippen LogP contribution in [0, 0.1) is 0 Å². The highest BCUT2D eigenvalue weighted by Gasteiger charge is 2.10. The van der Waals surface area contributed by atoms with Gasteiger partial charge in [-0.2, -0.15) is 0 Å². The summed E-state index contributed by atoms with van der Waals surface area (Å²) in [5, 5.41) is 17.1. The van der Waals surface area contributed by atoms with E-state index in [-0.39, 0.29) is 0 Å². The van der Waals surface area contributed by atoms with Gasteiger partial charge in [0.2, 0.25) is 0 Å². The van der Waals surface area contributed by atoms with Crippen LogP contribution in [0.25, 0.3) is 45.6 Å². The molecule has 0 radical (unpaired) electrons. The first-order chi connectivity index (χ1) is 15.7. The van der Waals surface area contributed by atoms with Crippen molar-refractivity contribution in [3.8, 4) is 45.6 Å². The van der Waals surface area contributed by atoms with Gasteiger partial charge in [-0.15, -0.1) is 20.4 Å². The maximum Gasteiger partial charge on any atom is 0.200 e. The summed E-state index contributed by atoms with van der Waals surface area (Å²) in [6, 6.07) is 21.1. The quantitative estimate of drug-likeness (QED) is 0.288. The van der Waals surface area contributed by atoms with Crippen LogP contribution in [-0.2, 0) is 0 Å². The number of benzene rings is 2. The molecule has 0 N–H and O–H groups in total. The SMILES string of the molecule is Brc1ccc(-c2cnc(-c3cccc(-c4ncc(-c5ccc(Br)cc5)nn4)n3)nn2)cc1. The summed E-state index contributed by atoms with van der Waals surface area (Å²) in [6.45, 7) is 0. The molecule has 7 nitrogen and oxygen atoms in total. The summed E-state index contributed by atoms with van der Waals surface area (Å²) < 4.78 is 2.00. The molecule has 3 heterocycles. The number of hydrogen-bond donors (Lipinski definition) is 0. The summed E-state index contributed by atoms with van der Waals surface area (Å²) >= 11 is 6.86. The molecule has 0 fully saturated rings. The van der Waals surface area contributed by atoms with Crippen molar-refractivity contribution >= 4 is 31.9 Å². The van der Waals surface area contributed by atoms with E-state index in [1.807, 2.05) is 66.7 Å². The number of pyridine rings is 1. The monoisotopic (exact) mass is 545 g/mol. The average Bonchev–Trinajstić information content (AvgIpc) is 2.85. The van der Waals surface area contributed by atoms with Gasteiger partial charge < -0.3 is 0 Å². The fourth-order valence-corrected chi connectivity index (χ4v) is 3.50. The van der Waals surface area contributed by atoms with Crippen molar-refractivity contribution in [3.63, 3.8) is 0 Å². The molecule has 3 aromatic heterocycles. The van der Waals surface area contributed by atoms with E-state index in [0.29, 0.717) is 34.4 Å². The van der Waals surface area contributed by atoms with Crippen molar-refractivity contribution in [1.29, 1.82) is 0 Å². The maximum atomic E-state index is 4.60. The Kier molecular flexibility index (Phi) is 5.74. The minimum Gasteiger partial charge on any atom is -0.241 e. The Morgan fingerprint density at radius 1 is 0.469 bits per heavy atom. The first kappa shape index (κ1) is 20.5. The van der Waals surface area contributed by atoms with Crippen LogP contribution in [-0.4, -0.2) is 35.3 Å². The number of aromatic nitrogens is 7. The standard InChI is InChI=1S/C23H13Br2N7/c24-16-8-4-14(5-9-16)20-12-26-22(31-29-20)18-2-1-3-19(28-18)23-27-13-21(30-32-23)15-6-10-17(25)11-7-15/h1-13H. The second-order valence-electron chi connectivity index (χ2n) is 6.76. The van der Waals surface area contributed by atoms with Gasteiger partial charge in [-0.25, -0.2) is 15.0 Å². The van der Waals surface area contributed by atoms with Crippen LogP contribution in [0.5, 0.6) is 0 Å². The van der Waals surface area contributed by atoms with Crippen molar-refractivity contribution in [2.75, 3.05) is 0 Å². The van der Waals surface area contributed by atoms with Crippen LogP contribution in [0.4, 0.5) is 0 Å². The van der Waals surface area contributed by atoms with E-state index in [2.05, 4.69) is 67.2 Å². The van der Waals surface area contributed by atoms with E-state index in [4.69, 9.17) is 0 Å². The molecular formula is C23H13Br2N7. The lowest BCUT2D eigenvalue weighted by atomic mass is 10.2. The third-order valence-electron chi connectivity index (χ3n) is 4.61. The normalized spacial score (nSPS) is 10.8. The first-order valence-electron chi connectivity index (χ1n) is 9.55. The van der Waals surface area contributed by atoms with Crippen LogP contribution in [0.1, 0.15) is 0 Å². The first-order valence-corrected chi connectivity index (χ1v) is 11.1. The summed E-state index contributed by atoms with van der Waals surface area (Å²) in [5.74, 6) is 0.847. The summed E-state index contributed by atoms with van der Waals surface area (Å²) in [6.07, 6.45) is 3.37. The second kappa shape index (κ2) is 8.97. The van der Waals surface area contributed by atoms with Crippen molar-refractivity contribution in [1.82, 2.24) is 35.3 Å². The van der Waals surface area contributed by atoms with Gasteiger partial charge in [-0.1, -0.05) is 62.2 Å². The Bertz CT molecular complexity index is 1250. The smallest absolute Gasteiger partial charge is 0.200 e. The minimum atomic E-state index is 0.423. The molecule has 154 valence electrons. The van der Waals surface area contributed by atoms with Gasteiger partial charge in [0.25, 0.3) is 0 Å². The fourth-order valence-electron chi connectivity index (χ4n) is 2.97. The van der Waals surface area contributed by atoms with Crippen molar-refractivity contribution in [3.05, 3.63) is 88.1 Å². The number of nitrogens with zero attached hydrogens (tertiary/aromatic N) is 7. The van der Waals surface area contributed by atoms with E-state index in [1.165, 1.54) is 0 Å². The Morgan fingerprint density at radius 3 is 1.28 bits per heavy atom. The summed E-state index contributed by atoms with van der Waals surface area (Å²) in [5.41, 5.74) is 4.41. The third kappa shape index (κ3) is 4.44. The van der Waals surface area contributed by atoms with Crippen LogP contribution in [0.2, 0.25) is 0 Å². The molecular weight excluding hydrogens is 534 g/mol. The Labute approximate surface area is 200 Å². The molecule has 0 atom stereocenters. The van der Waals surface area contributed by atoms with E-state index in [9.17, 15) is 0 Å². The molecule has 5 rings (SSSR count). The number of hydrogen-bond acceptors (Lipinski definition) is 7. The molecule has 5 aromatic rings. The Balaban J connectivity index is 1.39. The lowest BCUT2D eigenvalue weighted by Crippen LogP contribution is -1.99. The number of halogens is 2. The highest BCUT2D eigenvalue weighted by Crippen LogP contribution is 2.22. The molecule has 2 aromatic carbocycles. The van der Waals surface area contributed by atoms with Gasteiger partial charge in [0, 0.05) is 20.1 Å². The minimum absolute atomic E-state index is 0.423. The maximum absolute atomic E-state index is 4.60. The molecule has 32 heavy (non-hydrogen) atoms. The number of rotatable bonds is 4. The average molecular weight is 547 g/mol. The third-order valence-corrected chi connectivity index (χ3v) is 5.67. The topological polar surface area (TPSA) is 90.2 Å². The zero-order chi connectivity index (χ0) is 21.9. The van der Waals surface area contributed by atoms with Gasteiger partial charge in [0.1, 0.15) is 22.8 Å². The van der Waals surface area contributed by atoms with E-state index < -0.39 is 0 Å². The Hall–Kier alpha value is -3.43. The molecule has 0 aliphatic rings. The predicted octanol–water partition coefficient (Wildman–Crippen LogP) is 5.64. The highest BCUT2D eigenvalue weighted by molar-refractivity contribution is 9.10. The summed E-state index contributed by atoms with van der Waals surface area (Å²) in [4.78, 5) is 13.5. The van der Waals surface area contributed by atoms with E-state index >= 15 is 0 Å². The van der Waals surface area contributed by atoms with E-state index in [0.717, 1.165) is 20.1 Å². The zero-order valence-electron chi connectivity index (χ0n) is 16.4. The van der Waals surface area contributed by atoms with Crippen LogP contribution < -0.4 is 0 Å². The van der Waals surface area contributed by atoms with Gasteiger partial charge in [-0.3, -0.25) is 0 Å². The van der Waals surface area contributed by atoms with E-state index in [1.54, 1.807) is 12.4 Å². The second-order valence-corrected chi connectivity index (χ2v) is 8.59. The van der Waals surface area contributed by atoms with Gasteiger partial charge in [-0.05, 0) is 36.4 Å². The molecule has 9 heteroatoms. The molecule has 0 bridgehead atoms. The summed E-state index contributed by atoms with van der Waals surface area (Å²) in [7, 11) is 0. The molecule has 0 saturated carbocycles. The molecule has 0 unspecified atom stereocenters. The molecule has 0 spiro atoms. The highest BCUT2D eigenvalue weighted by atomic mass is 79.9. The lowest BCUT2D eigenvalue weighted by Gasteiger charge is -2.04. The Morgan fingerprint density at radius 2 is 0.906 bits per heavy atom. The molecule has 0 aliphatic heterocycles. The van der Waals surface area contributed by atoms with Gasteiger partial charge >= 0.3 is 0 Å². The van der Waals surface area contributed by atoms with Crippen molar-refractivity contribution < 1.29 is 0 Å². The molecule has 0 aliphatic carbocycles. The van der Waals surface area contributed by atoms with Crippen LogP contribution >= 0.6 is 31.9 Å². The van der Waals surface area contributed by atoms with Crippen LogP contribution in [0.3, 0.4) is 0 Å². The lowest BCUT2D eigenvalue weighted by molar-refractivity contribution is 0.964. The van der Waals surface area contributed by atoms with Crippen molar-refractivity contribution in [2.45, 2.75) is 0 Å². The molecule has 0 amide bonds. The fraction of sp³-hybridized carbons (Fsp3) is 0. The van der Waals surface area contributed by atoms with Crippen molar-refractivity contribution in [2.24, 2.45) is 0 Å². The largest absolute Gasteiger partial charge is 0.241 e. The van der Waals surface area contributed by atoms with Gasteiger partial charge in [0.15, 0.2) is 11.6 Å².